The van der Waals surface area contributed by atoms with Gasteiger partial charge in [0.2, 0.25) is 0 Å². The number of likely N-dealkylation sites (tertiary alicyclic amines) is 1. The third-order valence-electron chi connectivity index (χ3n) is 5.60. The maximum Gasteiger partial charge on any atom is 0.295 e. The summed E-state index contributed by atoms with van der Waals surface area (Å²) >= 11 is 0. The molecule has 1 atom stereocenters. The largest absolute Gasteiger partial charge is 0.507 e. The Labute approximate surface area is 182 Å². The van der Waals surface area contributed by atoms with Crippen LogP contribution >= 0.6 is 0 Å². The molecule has 7 nitrogen and oxygen atoms in total. The van der Waals surface area contributed by atoms with E-state index in [4.69, 9.17) is 4.74 Å². The van der Waals surface area contributed by atoms with Gasteiger partial charge in [0, 0.05) is 13.1 Å². The molecule has 3 rings (SSSR count). The molecule has 0 aliphatic carbocycles. The molecule has 0 unspecified atom stereocenters. The van der Waals surface area contributed by atoms with Gasteiger partial charge in [0.15, 0.2) is 0 Å². The first-order valence-corrected chi connectivity index (χ1v) is 10.0. The highest BCUT2D eigenvalue weighted by atomic mass is 16.5. The average molecular weight is 424 g/mol. The van der Waals surface area contributed by atoms with Crippen LogP contribution < -0.4 is 4.74 Å². The van der Waals surface area contributed by atoms with Crippen molar-refractivity contribution in [2.45, 2.75) is 19.9 Å². The van der Waals surface area contributed by atoms with E-state index in [9.17, 15) is 19.8 Å². The second-order valence-electron chi connectivity index (χ2n) is 8.03. The number of nitrogens with zero attached hydrogens (tertiary/aromatic N) is 2. The molecule has 1 saturated heterocycles. The number of carbonyl (C=O) groups is 2. The second kappa shape index (κ2) is 8.81. The van der Waals surface area contributed by atoms with E-state index in [0.717, 1.165) is 11.1 Å². The summed E-state index contributed by atoms with van der Waals surface area (Å²) in [4.78, 5) is 29.3. The van der Waals surface area contributed by atoms with Gasteiger partial charge in [-0.1, -0.05) is 12.1 Å². The van der Waals surface area contributed by atoms with Gasteiger partial charge in [0.1, 0.15) is 17.3 Å². The van der Waals surface area contributed by atoms with Crippen LogP contribution in [-0.4, -0.2) is 66.0 Å². The van der Waals surface area contributed by atoms with E-state index in [2.05, 4.69) is 0 Å². The molecule has 0 saturated carbocycles. The number of aliphatic hydroxyl groups excluding tert-OH is 1. The highest BCUT2D eigenvalue weighted by Gasteiger charge is 2.46. The molecule has 1 heterocycles. The number of phenols is 1. The Morgan fingerprint density at radius 3 is 2.45 bits per heavy atom. The van der Waals surface area contributed by atoms with Gasteiger partial charge in [-0.15, -0.1) is 0 Å². The van der Waals surface area contributed by atoms with E-state index in [0.29, 0.717) is 24.4 Å². The van der Waals surface area contributed by atoms with Crippen molar-refractivity contribution < 1.29 is 24.5 Å². The van der Waals surface area contributed by atoms with E-state index < -0.39 is 17.7 Å². The highest BCUT2D eigenvalue weighted by molar-refractivity contribution is 6.46. The lowest BCUT2D eigenvalue weighted by Gasteiger charge is -2.27. The Morgan fingerprint density at radius 2 is 1.81 bits per heavy atom. The summed E-state index contributed by atoms with van der Waals surface area (Å²) in [6.45, 7) is 4.54. The number of ether oxygens (including phenoxy) is 1. The molecule has 0 spiro atoms. The zero-order valence-electron chi connectivity index (χ0n) is 18.5. The minimum absolute atomic E-state index is 0.0458. The number of Topliss-reactive ketones (excluding diaryl/α,β-unsaturated/α-hetero) is 1. The topological polar surface area (TPSA) is 90.3 Å². The number of amides is 1. The lowest BCUT2D eigenvalue weighted by Crippen LogP contribution is -2.35. The van der Waals surface area contributed by atoms with Gasteiger partial charge in [-0.2, -0.15) is 0 Å². The van der Waals surface area contributed by atoms with Gasteiger partial charge >= 0.3 is 0 Å². The smallest absolute Gasteiger partial charge is 0.295 e. The third kappa shape index (κ3) is 4.27. The van der Waals surface area contributed by atoms with E-state index in [1.807, 2.05) is 32.8 Å². The number of benzene rings is 2. The molecule has 1 amide bonds. The molecule has 31 heavy (non-hydrogen) atoms. The summed E-state index contributed by atoms with van der Waals surface area (Å²) in [5, 5.41) is 21.6. The van der Waals surface area contributed by atoms with E-state index in [-0.39, 0.29) is 22.6 Å². The summed E-state index contributed by atoms with van der Waals surface area (Å²) in [5.74, 6) is -1.42. The number of carbonyl (C=O) groups excluding carboxylic acids is 2. The van der Waals surface area contributed by atoms with Crippen LogP contribution in [0.3, 0.4) is 0 Å². The van der Waals surface area contributed by atoms with Gasteiger partial charge in [-0.05, 0) is 68.9 Å². The molecular weight excluding hydrogens is 396 g/mol. The predicted octanol–water partition coefficient (Wildman–Crippen LogP) is 3.00. The quantitative estimate of drug-likeness (QED) is 0.421. The number of aliphatic hydroxyl groups is 1. The Kier molecular flexibility index (Phi) is 6.36. The Morgan fingerprint density at radius 1 is 1.13 bits per heavy atom. The summed E-state index contributed by atoms with van der Waals surface area (Å²) < 4.78 is 5.31. The molecule has 2 aromatic rings. The fourth-order valence-electron chi connectivity index (χ4n) is 3.71. The minimum atomic E-state index is -0.795. The van der Waals surface area contributed by atoms with Crippen molar-refractivity contribution in [3.05, 3.63) is 64.2 Å². The van der Waals surface area contributed by atoms with Gasteiger partial charge in [0.05, 0.1) is 24.3 Å². The third-order valence-corrected chi connectivity index (χ3v) is 5.60. The first kappa shape index (κ1) is 22.4. The van der Waals surface area contributed by atoms with Gasteiger partial charge in [-0.25, -0.2) is 0 Å². The van der Waals surface area contributed by atoms with Crippen molar-refractivity contribution in [3.8, 4) is 11.5 Å². The fraction of sp³-hybridized carbons (Fsp3) is 0.333. The number of aromatic hydroxyl groups is 1. The van der Waals surface area contributed by atoms with E-state index >= 15 is 0 Å². The van der Waals surface area contributed by atoms with Crippen LogP contribution in [0.25, 0.3) is 5.76 Å². The summed E-state index contributed by atoms with van der Waals surface area (Å²) in [6, 6.07) is 9.43. The van der Waals surface area contributed by atoms with Crippen molar-refractivity contribution in [3.63, 3.8) is 0 Å². The van der Waals surface area contributed by atoms with Crippen molar-refractivity contribution >= 4 is 17.4 Å². The number of hydrogen-bond acceptors (Lipinski definition) is 6. The normalized spacial score (nSPS) is 18.1. The molecule has 0 aromatic heterocycles. The number of likely N-dealkylation sites (N-methyl/N-ethyl adjacent to an activating group) is 1. The molecular formula is C24H28N2O5. The molecule has 0 bridgehead atoms. The number of phenolic OH excluding ortho intramolecular Hbond substituents is 1. The van der Waals surface area contributed by atoms with Crippen LogP contribution in [0.15, 0.2) is 42.0 Å². The first-order valence-electron chi connectivity index (χ1n) is 10.0. The highest BCUT2D eigenvalue weighted by Crippen LogP contribution is 2.41. The maximum atomic E-state index is 13.0. The lowest BCUT2D eigenvalue weighted by atomic mass is 9.93. The van der Waals surface area contributed by atoms with Crippen LogP contribution in [0.4, 0.5) is 0 Å². The number of rotatable bonds is 6. The Balaban J connectivity index is 2.22. The van der Waals surface area contributed by atoms with Gasteiger partial charge in [0.25, 0.3) is 11.7 Å². The molecule has 164 valence electrons. The summed E-state index contributed by atoms with van der Waals surface area (Å²) in [6.07, 6.45) is 0. The van der Waals surface area contributed by atoms with Gasteiger partial charge < -0.3 is 24.7 Å². The van der Waals surface area contributed by atoms with E-state index in [1.165, 1.54) is 18.1 Å². The molecule has 1 fully saturated rings. The molecule has 0 radical (unpaired) electrons. The van der Waals surface area contributed by atoms with Crippen LogP contribution in [0.5, 0.6) is 11.5 Å². The summed E-state index contributed by atoms with van der Waals surface area (Å²) in [7, 11) is 5.30. The van der Waals surface area contributed by atoms with E-state index in [1.54, 1.807) is 30.3 Å². The second-order valence-corrected chi connectivity index (χ2v) is 8.03. The number of methoxy groups -OCH3 is 1. The fourth-order valence-corrected chi connectivity index (χ4v) is 3.71. The van der Waals surface area contributed by atoms with Crippen LogP contribution in [0.2, 0.25) is 0 Å². The maximum absolute atomic E-state index is 13.0. The molecule has 1 aliphatic heterocycles. The van der Waals surface area contributed by atoms with Crippen LogP contribution in [-0.2, 0) is 9.59 Å². The van der Waals surface area contributed by atoms with Crippen LogP contribution in [0.1, 0.15) is 28.3 Å². The zero-order chi connectivity index (χ0) is 22.9. The number of aryl methyl sites for hydroxylation is 2. The first-order chi connectivity index (χ1) is 14.6. The molecule has 7 heteroatoms. The number of ketones is 1. The monoisotopic (exact) mass is 424 g/mol. The van der Waals surface area contributed by atoms with Crippen molar-refractivity contribution in [1.82, 2.24) is 9.80 Å². The predicted molar refractivity (Wildman–Crippen MR) is 118 cm³/mol. The van der Waals surface area contributed by atoms with Crippen molar-refractivity contribution in [2.24, 2.45) is 0 Å². The SMILES string of the molecule is COc1cccc([C@@H]2C(=C(O)c3cc(C)c(C)cc3O)C(=O)C(=O)N2CCN(C)C)c1. The molecule has 2 aromatic carbocycles. The average Bonchev–Trinajstić information content (AvgIpc) is 2.99. The Bertz CT molecular complexity index is 1060. The standard InChI is InChI=1S/C24H28N2O5/c1-14-11-18(19(27)12-15(14)2)22(28)20-21(16-7-6-8-17(13-16)31-5)26(10-9-25(3)4)24(30)23(20)29/h6-8,11-13,21,27-28H,9-10H2,1-5H3/t21-/m1/s1. The van der Waals surface area contributed by atoms with Gasteiger partial charge in [-0.3, -0.25) is 9.59 Å². The zero-order valence-corrected chi connectivity index (χ0v) is 18.5. The lowest BCUT2D eigenvalue weighted by molar-refractivity contribution is -0.140. The van der Waals surface area contributed by atoms with Crippen LogP contribution in [0, 0.1) is 13.8 Å². The van der Waals surface area contributed by atoms with Crippen molar-refractivity contribution in [2.75, 3.05) is 34.3 Å². The molecule has 1 aliphatic rings. The van der Waals surface area contributed by atoms with Crippen molar-refractivity contribution in [1.29, 1.82) is 0 Å². The molecule has 2 N–H and O–H groups in total. The Hall–Kier alpha value is -3.32. The number of hydrogen-bond donors (Lipinski definition) is 2. The summed E-state index contributed by atoms with van der Waals surface area (Å²) in [5.41, 5.74) is 2.42. The minimum Gasteiger partial charge on any atom is -0.507 e.